The molecular weight excluding hydrogens is 308 g/mol. The number of anilines is 1. The van der Waals surface area contributed by atoms with Crippen molar-refractivity contribution in [2.45, 2.75) is 6.10 Å². The van der Waals surface area contributed by atoms with Crippen molar-refractivity contribution in [3.8, 4) is 0 Å². The summed E-state index contributed by atoms with van der Waals surface area (Å²) < 4.78 is 5.52. The van der Waals surface area contributed by atoms with Crippen molar-refractivity contribution in [3.63, 3.8) is 0 Å². The second-order valence-corrected chi connectivity index (χ2v) is 6.08. The lowest BCUT2D eigenvalue weighted by Crippen LogP contribution is -2.55. The molecule has 1 aromatic rings. The van der Waals surface area contributed by atoms with Gasteiger partial charge in [-0.1, -0.05) is 18.2 Å². The lowest BCUT2D eigenvalue weighted by atomic mass is 10.2. The molecule has 0 bridgehead atoms. The number of carbonyl (C=O) groups excluding carboxylic acids is 2. The van der Waals surface area contributed by atoms with Gasteiger partial charge in [0.25, 0.3) is 5.91 Å². The van der Waals surface area contributed by atoms with E-state index in [9.17, 15) is 9.59 Å². The molecule has 7 nitrogen and oxygen atoms in total. The van der Waals surface area contributed by atoms with Gasteiger partial charge in [0.05, 0.1) is 13.2 Å². The quantitative estimate of drug-likeness (QED) is 0.796. The van der Waals surface area contributed by atoms with Crippen molar-refractivity contribution in [3.05, 3.63) is 30.3 Å². The lowest BCUT2D eigenvalue weighted by Gasteiger charge is -2.36. The molecule has 1 unspecified atom stereocenters. The number of morpholine rings is 1. The van der Waals surface area contributed by atoms with Crippen LogP contribution < -0.4 is 10.6 Å². The summed E-state index contributed by atoms with van der Waals surface area (Å²) in [4.78, 5) is 28.4. The lowest BCUT2D eigenvalue weighted by molar-refractivity contribution is -0.147. The third-order valence-electron chi connectivity index (χ3n) is 4.31. The number of nitrogens with one attached hydrogen (secondary N) is 2. The maximum Gasteiger partial charge on any atom is 0.253 e. The van der Waals surface area contributed by atoms with E-state index in [1.807, 2.05) is 35.2 Å². The number of hydrogen-bond acceptors (Lipinski definition) is 5. The zero-order valence-corrected chi connectivity index (χ0v) is 13.7. The second-order valence-electron chi connectivity index (χ2n) is 6.08. The van der Waals surface area contributed by atoms with E-state index in [0.29, 0.717) is 45.9 Å². The molecule has 0 saturated carbocycles. The smallest absolute Gasteiger partial charge is 0.253 e. The summed E-state index contributed by atoms with van der Waals surface area (Å²) in [6.45, 7) is 4.98. The van der Waals surface area contributed by atoms with Gasteiger partial charge < -0.3 is 20.3 Å². The Bertz CT molecular complexity index is 552. The van der Waals surface area contributed by atoms with Crippen molar-refractivity contribution < 1.29 is 14.3 Å². The van der Waals surface area contributed by atoms with Gasteiger partial charge in [0.15, 0.2) is 0 Å². The normalized spacial score (nSPS) is 22.2. The Kier molecular flexibility index (Phi) is 5.79. The van der Waals surface area contributed by atoms with Crippen LogP contribution in [-0.4, -0.2) is 80.1 Å². The van der Waals surface area contributed by atoms with E-state index in [2.05, 4.69) is 15.5 Å². The average Bonchev–Trinajstić information content (AvgIpc) is 2.63. The molecule has 2 N–H and O–H groups in total. The molecule has 24 heavy (non-hydrogen) atoms. The number of benzene rings is 1. The van der Waals surface area contributed by atoms with Crippen molar-refractivity contribution in [2.24, 2.45) is 0 Å². The molecule has 2 aliphatic rings. The summed E-state index contributed by atoms with van der Waals surface area (Å²) in [5, 5.41) is 6.06. The molecule has 7 heteroatoms. The number of rotatable bonds is 4. The fraction of sp³-hybridized carbons (Fsp3) is 0.529. The number of hydrogen-bond donors (Lipinski definition) is 2. The van der Waals surface area contributed by atoms with Crippen LogP contribution in [0.25, 0.3) is 0 Å². The highest BCUT2D eigenvalue weighted by Crippen LogP contribution is 2.09. The maximum atomic E-state index is 12.4. The van der Waals surface area contributed by atoms with Crippen LogP contribution in [0.15, 0.2) is 30.3 Å². The fourth-order valence-electron chi connectivity index (χ4n) is 2.98. The van der Waals surface area contributed by atoms with Crippen LogP contribution in [0.5, 0.6) is 0 Å². The minimum atomic E-state index is -0.369. The van der Waals surface area contributed by atoms with E-state index in [1.54, 1.807) is 0 Å². The first kappa shape index (κ1) is 16.9. The SMILES string of the molecule is O=C(CN1CCN(C(=O)C2CNCCO2)CC1)Nc1ccccc1. The number of piperazine rings is 1. The molecule has 1 atom stereocenters. The highest BCUT2D eigenvalue weighted by Gasteiger charge is 2.29. The van der Waals surface area contributed by atoms with E-state index in [1.165, 1.54) is 0 Å². The Balaban J connectivity index is 1.41. The van der Waals surface area contributed by atoms with Crippen LogP contribution in [0.4, 0.5) is 5.69 Å². The maximum absolute atomic E-state index is 12.4. The summed E-state index contributed by atoms with van der Waals surface area (Å²) in [6, 6.07) is 9.43. The summed E-state index contributed by atoms with van der Waals surface area (Å²) >= 11 is 0. The minimum Gasteiger partial charge on any atom is -0.366 e. The fourth-order valence-corrected chi connectivity index (χ4v) is 2.98. The minimum absolute atomic E-state index is 0.0270. The molecule has 2 fully saturated rings. The topological polar surface area (TPSA) is 73.9 Å². The third-order valence-corrected chi connectivity index (χ3v) is 4.31. The first-order chi connectivity index (χ1) is 11.7. The molecule has 0 radical (unpaired) electrons. The van der Waals surface area contributed by atoms with Crippen molar-refractivity contribution in [1.29, 1.82) is 0 Å². The van der Waals surface area contributed by atoms with Crippen LogP contribution in [0.1, 0.15) is 0 Å². The van der Waals surface area contributed by atoms with Gasteiger partial charge in [-0.05, 0) is 12.1 Å². The number of nitrogens with zero attached hydrogens (tertiary/aromatic N) is 2. The molecule has 0 aliphatic carbocycles. The Morgan fingerprint density at radius 3 is 2.58 bits per heavy atom. The van der Waals surface area contributed by atoms with Crippen LogP contribution in [-0.2, 0) is 14.3 Å². The summed E-state index contributed by atoms with van der Waals surface area (Å²) in [5.41, 5.74) is 0.804. The standard InChI is InChI=1S/C17H24N4O3/c22-16(19-14-4-2-1-3-5-14)13-20-7-9-21(10-8-20)17(23)15-12-18-6-11-24-15/h1-5,15,18H,6-13H2,(H,19,22). The number of amides is 2. The molecular formula is C17H24N4O3. The van der Waals surface area contributed by atoms with Gasteiger partial charge >= 0.3 is 0 Å². The average molecular weight is 332 g/mol. The number of ether oxygens (including phenoxy) is 1. The van der Waals surface area contributed by atoms with Crippen LogP contribution >= 0.6 is 0 Å². The summed E-state index contributed by atoms with van der Waals surface area (Å²) in [6.07, 6.45) is -0.369. The Morgan fingerprint density at radius 2 is 1.92 bits per heavy atom. The molecule has 1 aromatic carbocycles. The van der Waals surface area contributed by atoms with Crippen molar-refractivity contribution in [1.82, 2.24) is 15.1 Å². The van der Waals surface area contributed by atoms with Crippen LogP contribution in [0, 0.1) is 0 Å². The molecule has 130 valence electrons. The van der Waals surface area contributed by atoms with Gasteiger partial charge in [-0.2, -0.15) is 0 Å². The van der Waals surface area contributed by atoms with Gasteiger partial charge in [0.2, 0.25) is 5.91 Å². The first-order valence-corrected chi connectivity index (χ1v) is 8.41. The Labute approximate surface area is 141 Å². The van der Waals surface area contributed by atoms with Gasteiger partial charge in [-0.3, -0.25) is 14.5 Å². The predicted octanol–water partition coefficient (Wildman–Crippen LogP) is -0.242. The van der Waals surface area contributed by atoms with Gasteiger partial charge in [-0.25, -0.2) is 0 Å². The highest BCUT2D eigenvalue weighted by molar-refractivity contribution is 5.92. The molecule has 3 rings (SSSR count). The predicted molar refractivity (Wildman–Crippen MR) is 90.7 cm³/mol. The number of para-hydroxylation sites is 1. The molecule has 2 amide bonds. The zero-order valence-electron chi connectivity index (χ0n) is 13.7. The Hall–Kier alpha value is -1.96. The largest absolute Gasteiger partial charge is 0.366 e. The molecule has 0 aromatic heterocycles. The molecule has 2 heterocycles. The zero-order chi connectivity index (χ0) is 16.8. The van der Waals surface area contributed by atoms with E-state index in [0.717, 1.165) is 12.2 Å². The van der Waals surface area contributed by atoms with E-state index >= 15 is 0 Å². The van der Waals surface area contributed by atoms with Gasteiger partial charge in [0.1, 0.15) is 6.10 Å². The summed E-state index contributed by atoms with van der Waals surface area (Å²) in [5.74, 6) is 0.0244. The summed E-state index contributed by atoms with van der Waals surface area (Å²) in [7, 11) is 0. The molecule has 2 saturated heterocycles. The van der Waals surface area contributed by atoms with E-state index < -0.39 is 0 Å². The van der Waals surface area contributed by atoms with Crippen LogP contribution in [0.3, 0.4) is 0 Å². The van der Waals surface area contributed by atoms with E-state index in [-0.39, 0.29) is 17.9 Å². The molecule has 0 spiro atoms. The first-order valence-electron chi connectivity index (χ1n) is 8.41. The highest BCUT2D eigenvalue weighted by atomic mass is 16.5. The van der Waals surface area contributed by atoms with Gasteiger partial charge in [0, 0.05) is 45.0 Å². The monoisotopic (exact) mass is 332 g/mol. The number of carbonyl (C=O) groups is 2. The van der Waals surface area contributed by atoms with Crippen molar-refractivity contribution in [2.75, 3.05) is 57.7 Å². The van der Waals surface area contributed by atoms with Crippen LogP contribution in [0.2, 0.25) is 0 Å². The Morgan fingerprint density at radius 1 is 1.17 bits per heavy atom. The second kappa shape index (κ2) is 8.23. The molecule has 2 aliphatic heterocycles. The third kappa shape index (κ3) is 4.53. The van der Waals surface area contributed by atoms with Gasteiger partial charge in [-0.15, -0.1) is 0 Å². The van der Waals surface area contributed by atoms with Crippen molar-refractivity contribution >= 4 is 17.5 Å². The van der Waals surface area contributed by atoms with E-state index in [4.69, 9.17) is 4.74 Å².